The van der Waals surface area contributed by atoms with Crippen LogP contribution in [-0.4, -0.2) is 42.0 Å². The molecule has 0 bridgehead atoms. The van der Waals surface area contributed by atoms with E-state index < -0.39 is 0 Å². The number of hydrogen-bond donors (Lipinski definition) is 1. The molecule has 5 heteroatoms. The number of urea groups is 1. The lowest BCUT2D eigenvalue weighted by molar-refractivity contribution is 0.126. The normalized spacial score (nSPS) is 15.7. The molecule has 0 spiro atoms. The molecule has 1 atom stereocenters. The molecule has 1 heterocycles. The SMILES string of the molecule is O=C(Nc1ccccc1)N1CCN([C@H](c2ccccc2)c2ccc(Br)cc2)CC1. The number of carbonyl (C=O) groups is 1. The minimum Gasteiger partial charge on any atom is -0.322 e. The van der Waals surface area contributed by atoms with E-state index in [0.29, 0.717) is 13.1 Å². The van der Waals surface area contributed by atoms with E-state index in [-0.39, 0.29) is 12.1 Å². The maximum absolute atomic E-state index is 12.6. The first-order valence-electron chi connectivity index (χ1n) is 9.86. The number of anilines is 1. The fraction of sp³-hybridized carbons (Fsp3) is 0.208. The van der Waals surface area contributed by atoms with Gasteiger partial charge < -0.3 is 10.2 Å². The van der Waals surface area contributed by atoms with Crippen molar-refractivity contribution in [3.05, 3.63) is 101 Å². The summed E-state index contributed by atoms with van der Waals surface area (Å²) in [7, 11) is 0. The minimum absolute atomic E-state index is 0.0317. The van der Waals surface area contributed by atoms with E-state index >= 15 is 0 Å². The molecule has 29 heavy (non-hydrogen) atoms. The predicted molar refractivity (Wildman–Crippen MR) is 121 cm³/mol. The molecule has 148 valence electrons. The molecule has 0 unspecified atom stereocenters. The first-order valence-corrected chi connectivity index (χ1v) is 10.7. The van der Waals surface area contributed by atoms with Crippen LogP contribution in [0, 0.1) is 0 Å². The molecule has 1 fully saturated rings. The zero-order valence-corrected chi connectivity index (χ0v) is 17.8. The highest BCUT2D eigenvalue weighted by Gasteiger charge is 2.28. The monoisotopic (exact) mass is 449 g/mol. The molecule has 1 N–H and O–H groups in total. The summed E-state index contributed by atoms with van der Waals surface area (Å²) in [4.78, 5) is 17.0. The number of nitrogens with one attached hydrogen (secondary N) is 1. The lowest BCUT2D eigenvalue weighted by Gasteiger charge is -2.39. The van der Waals surface area contributed by atoms with Gasteiger partial charge in [-0.15, -0.1) is 0 Å². The van der Waals surface area contributed by atoms with Crippen molar-refractivity contribution in [1.29, 1.82) is 0 Å². The molecule has 0 aromatic heterocycles. The molecule has 3 aromatic rings. The smallest absolute Gasteiger partial charge is 0.321 e. The fourth-order valence-electron chi connectivity index (χ4n) is 3.80. The first kappa shape index (κ1) is 19.7. The first-order chi connectivity index (χ1) is 14.2. The number of hydrogen-bond acceptors (Lipinski definition) is 2. The number of para-hydroxylation sites is 1. The predicted octanol–water partition coefficient (Wildman–Crippen LogP) is 5.39. The Kier molecular flexibility index (Phi) is 6.27. The van der Waals surface area contributed by atoms with Crippen LogP contribution in [0.4, 0.5) is 10.5 Å². The van der Waals surface area contributed by atoms with Crippen molar-refractivity contribution in [3.63, 3.8) is 0 Å². The van der Waals surface area contributed by atoms with Gasteiger partial charge in [0.05, 0.1) is 6.04 Å². The quantitative estimate of drug-likeness (QED) is 0.579. The summed E-state index contributed by atoms with van der Waals surface area (Å²) >= 11 is 3.53. The summed E-state index contributed by atoms with van der Waals surface area (Å²) in [6.45, 7) is 3.08. The van der Waals surface area contributed by atoms with Crippen molar-refractivity contribution in [2.45, 2.75) is 6.04 Å². The second-order valence-corrected chi connectivity index (χ2v) is 8.10. The zero-order valence-electron chi connectivity index (χ0n) is 16.2. The van der Waals surface area contributed by atoms with Gasteiger partial charge in [-0.05, 0) is 35.4 Å². The van der Waals surface area contributed by atoms with Crippen LogP contribution in [0.3, 0.4) is 0 Å². The Morgan fingerprint density at radius 2 is 1.31 bits per heavy atom. The van der Waals surface area contributed by atoms with Crippen LogP contribution in [0.15, 0.2) is 89.4 Å². The van der Waals surface area contributed by atoms with Crippen LogP contribution in [0.5, 0.6) is 0 Å². The zero-order chi connectivity index (χ0) is 20.1. The van der Waals surface area contributed by atoms with Gasteiger partial charge in [-0.25, -0.2) is 4.79 Å². The van der Waals surface area contributed by atoms with E-state index in [4.69, 9.17) is 0 Å². The summed E-state index contributed by atoms with van der Waals surface area (Å²) in [5.74, 6) is 0. The number of amides is 2. The third kappa shape index (κ3) is 4.86. The van der Waals surface area contributed by atoms with Crippen LogP contribution in [-0.2, 0) is 0 Å². The topological polar surface area (TPSA) is 35.6 Å². The van der Waals surface area contributed by atoms with Crippen LogP contribution in [0.2, 0.25) is 0 Å². The van der Waals surface area contributed by atoms with Crippen molar-refractivity contribution in [3.8, 4) is 0 Å². The van der Waals surface area contributed by atoms with Crippen molar-refractivity contribution in [2.75, 3.05) is 31.5 Å². The molecule has 3 aromatic carbocycles. The van der Waals surface area contributed by atoms with Crippen molar-refractivity contribution >= 4 is 27.6 Å². The lowest BCUT2D eigenvalue weighted by Crippen LogP contribution is -2.51. The number of rotatable bonds is 4. The lowest BCUT2D eigenvalue weighted by atomic mass is 9.96. The van der Waals surface area contributed by atoms with Crippen LogP contribution in [0.25, 0.3) is 0 Å². The number of halogens is 1. The molecule has 4 nitrogen and oxygen atoms in total. The second-order valence-electron chi connectivity index (χ2n) is 7.18. The Morgan fingerprint density at radius 3 is 1.93 bits per heavy atom. The second kappa shape index (κ2) is 9.25. The number of piperazine rings is 1. The van der Waals surface area contributed by atoms with E-state index in [1.54, 1.807) is 0 Å². The van der Waals surface area contributed by atoms with E-state index in [9.17, 15) is 4.79 Å². The third-order valence-electron chi connectivity index (χ3n) is 5.29. The van der Waals surface area contributed by atoms with Crippen LogP contribution >= 0.6 is 15.9 Å². The average Bonchev–Trinajstić information content (AvgIpc) is 2.77. The molecule has 1 saturated heterocycles. The van der Waals surface area contributed by atoms with Crippen LogP contribution in [0.1, 0.15) is 17.2 Å². The minimum atomic E-state index is -0.0317. The Hall–Kier alpha value is -2.63. The maximum atomic E-state index is 12.6. The van der Waals surface area contributed by atoms with Gasteiger partial charge in [0.15, 0.2) is 0 Å². The highest BCUT2D eigenvalue weighted by Crippen LogP contribution is 2.30. The van der Waals surface area contributed by atoms with Gasteiger partial charge in [0.1, 0.15) is 0 Å². The van der Waals surface area contributed by atoms with E-state index in [2.05, 4.69) is 74.7 Å². The van der Waals surface area contributed by atoms with Crippen molar-refractivity contribution in [1.82, 2.24) is 9.80 Å². The summed E-state index contributed by atoms with van der Waals surface area (Å²) in [5.41, 5.74) is 3.37. The molecule has 1 aliphatic heterocycles. The molecule has 1 aliphatic rings. The molecule has 0 aliphatic carbocycles. The summed E-state index contributed by atoms with van der Waals surface area (Å²) < 4.78 is 1.08. The van der Waals surface area contributed by atoms with Gasteiger partial charge in [0, 0.05) is 36.3 Å². The Labute approximate surface area is 180 Å². The average molecular weight is 450 g/mol. The maximum Gasteiger partial charge on any atom is 0.321 e. The van der Waals surface area contributed by atoms with E-state index in [0.717, 1.165) is 23.2 Å². The molecule has 0 saturated carbocycles. The van der Waals surface area contributed by atoms with Gasteiger partial charge in [0.2, 0.25) is 0 Å². The number of carbonyl (C=O) groups excluding carboxylic acids is 1. The Morgan fingerprint density at radius 1 is 0.759 bits per heavy atom. The highest BCUT2D eigenvalue weighted by atomic mass is 79.9. The Balaban J connectivity index is 1.47. The van der Waals surface area contributed by atoms with Gasteiger partial charge in [-0.1, -0.05) is 76.6 Å². The molecule has 2 amide bonds. The van der Waals surface area contributed by atoms with Gasteiger partial charge in [-0.2, -0.15) is 0 Å². The van der Waals surface area contributed by atoms with E-state index in [1.807, 2.05) is 41.3 Å². The largest absolute Gasteiger partial charge is 0.322 e. The van der Waals surface area contributed by atoms with E-state index in [1.165, 1.54) is 11.1 Å². The number of nitrogens with zero attached hydrogens (tertiary/aromatic N) is 2. The van der Waals surface area contributed by atoms with Crippen molar-refractivity contribution in [2.24, 2.45) is 0 Å². The summed E-state index contributed by atoms with van der Waals surface area (Å²) in [6.07, 6.45) is 0. The summed E-state index contributed by atoms with van der Waals surface area (Å²) in [6, 6.07) is 28.9. The van der Waals surface area contributed by atoms with Gasteiger partial charge >= 0.3 is 6.03 Å². The highest BCUT2D eigenvalue weighted by molar-refractivity contribution is 9.10. The molecular weight excluding hydrogens is 426 g/mol. The third-order valence-corrected chi connectivity index (χ3v) is 5.82. The van der Waals surface area contributed by atoms with Crippen LogP contribution < -0.4 is 5.32 Å². The van der Waals surface area contributed by atoms with Crippen molar-refractivity contribution < 1.29 is 4.79 Å². The Bertz CT molecular complexity index is 923. The molecule has 4 rings (SSSR count). The standard InChI is InChI=1S/C24H24BrN3O/c25-21-13-11-20(12-14-21)23(19-7-3-1-4-8-19)27-15-17-28(18-16-27)24(29)26-22-9-5-2-6-10-22/h1-14,23H,15-18H2,(H,26,29)/t23-/m1/s1. The molecule has 0 radical (unpaired) electrons. The van der Waals surface area contributed by atoms with Gasteiger partial charge in [0.25, 0.3) is 0 Å². The molecular formula is C24H24BrN3O. The summed E-state index contributed by atoms with van der Waals surface area (Å²) in [5, 5.41) is 2.99. The number of benzene rings is 3. The van der Waals surface area contributed by atoms with Gasteiger partial charge in [-0.3, -0.25) is 4.90 Å². The fourth-order valence-corrected chi connectivity index (χ4v) is 4.07.